The molecule has 0 bridgehead atoms. The van der Waals surface area contributed by atoms with Gasteiger partial charge in [0, 0.05) is 16.5 Å². The topological polar surface area (TPSA) is 32.3 Å². The van der Waals surface area contributed by atoms with Crippen molar-refractivity contribution in [1.29, 1.82) is 0 Å². The molecule has 1 atom stereocenters. The molecule has 3 heteroatoms. The molecule has 2 nitrogen and oxygen atoms in total. The molecule has 2 N–H and O–H groups in total. The van der Waals surface area contributed by atoms with Crippen LogP contribution in [0.4, 0.5) is 0 Å². The molecule has 1 rings (SSSR count). The van der Waals surface area contributed by atoms with E-state index in [4.69, 9.17) is 0 Å². The monoisotopic (exact) mass is 309 g/mol. The maximum absolute atomic E-state index is 9.75. The van der Waals surface area contributed by atoms with Gasteiger partial charge in [-0.05, 0) is 50.5 Å². The first-order chi connectivity index (χ1) is 9.92. The number of hydrogen-bond donors (Lipinski definition) is 2. The lowest BCUT2D eigenvalue weighted by atomic mass is 9.91. The van der Waals surface area contributed by atoms with Crippen molar-refractivity contribution in [2.45, 2.75) is 70.4 Å². The molecular weight excluding hydrogens is 278 g/mol. The van der Waals surface area contributed by atoms with Crippen molar-refractivity contribution < 1.29 is 5.11 Å². The molecule has 0 saturated carbocycles. The second-order valence-electron chi connectivity index (χ2n) is 6.31. The Morgan fingerprint density at radius 1 is 1.29 bits per heavy atom. The fraction of sp³-hybridized carbons (Fsp3) is 0.667. The van der Waals surface area contributed by atoms with Crippen LogP contribution in [0, 0.1) is 13.8 Å². The number of aryl methyl sites for hydroxylation is 2. The summed E-state index contributed by atoms with van der Waals surface area (Å²) in [4.78, 5) is 1.39. The van der Waals surface area contributed by atoms with E-state index >= 15 is 0 Å². The van der Waals surface area contributed by atoms with E-state index in [0.29, 0.717) is 6.04 Å². The second kappa shape index (κ2) is 8.82. The molecule has 1 unspecified atom stereocenters. The fourth-order valence-corrected chi connectivity index (χ4v) is 3.73. The summed E-state index contributed by atoms with van der Waals surface area (Å²) >= 11 is 1.93. The zero-order valence-corrected chi connectivity index (χ0v) is 15.0. The van der Waals surface area contributed by atoms with Gasteiger partial charge in [-0.25, -0.2) is 0 Å². The van der Waals surface area contributed by atoms with E-state index in [-0.39, 0.29) is 12.1 Å². The fourth-order valence-electron chi connectivity index (χ4n) is 2.66. The lowest BCUT2D eigenvalue weighted by Gasteiger charge is -2.34. The van der Waals surface area contributed by atoms with Gasteiger partial charge in [0.2, 0.25) is 0 Å². The van der Waals surface area contributed by atoms with Gasteiger partial charge in [-0.2, -0.15) is 0 Å². The van der Waals surface area contributed by atoms with Crippen LogP contribution in [-0.4, -0.2) is 29.0 Å². The molecule has 0 aromatic heterocycles. The largest absolute Gasteiger partial charge is 0.394 e. The number of hydrogen-bond acceptors (Lipinski definition) is 3. The van der Waals surface area contributed by atoms with Gasteiger partial charge in [0.25, 0.3) is 0 Å². The normalized spacial score (nSPS) is 14.4. The third-order valence-corrected chi connectivity index (χ3v) is 5.22. The summed E-state index contributed by atoms with van der Waals surface area (Å²) in [5, 5.41) is 13.3. The summed E-state index contributed by atoms with van der Waals surface area (Å²) in [6.45, 7) is 11.0. The quantitative estimate of drug-likeness (QED) is 0.526. The maximum atomic E-state index is 9.75. The van der Waals surface area contributed by atoms with Crippen molar-refractivity contribution in [1.82, 2.24) is 5.32 Å². The van der Waals surface area contributed by atoms with Crippen LogP contribution in [0.3, 0.4) is 0 Å². The van der Waals surface area contributed by atoms with Gasteiger partial charge in [0.05, 0.1) is 6.61 Å². The van der Waals surface area contributed by atoms with Crippen LogP contribution in [0.5, 0.6) is 0 Å². The molecule has 0 fully saturated rings. The van der Waals surface area contributed by atoms with Gasteiger partial charge < -0.3 is 10.4 Å². The molecule has 0 spiro atoms. The molecule has 1 aromatic rings. The van der Waals surface area contributed by atoms with Crippen LogP contribution < -0.4 is 5.32 Å². The molecule has 0 heterocycles. The van der Waals surface area contributed by atoms with Crippen molar-refractivity contribution in [2.75, 3.05) is 12.4 Å². The molecule has 0 aliphatic carbocycles. The molecule has 0 saturated heterocycles. The summed E-state index contributed by atoms with van der Waals surface area (Å²) in [6.07, 6.45) is 3.11. The minimum absolute atomic E-state index is 0.115. The summed E-state index contributed by atoms with van der Waals surface area (Å²) in [6, 6.07) is 7.04. The number of rotatable bonds is 9. The van der Waals surface area contributed by atoms with Crippen LogP contribution in [-0.2, 0) is 0 Å². The van der Waals surface area contributed by atoms with Crippen molar-refractivity contribution in [3.8, 4) is 0 Å². The highest BCUT2D eigenvalue weighted by Gasteiger charge is 2.27. The summed E-state index contributed by atoms with van der Waals surface area (Å²) in [5.41, 5.74) is 2.56. The number of thioether (sulfide) groups is 1. The third kappa shape index (κ3) is 6.01. The van der Waals surface area contributed by atoms with Crippen molar-refractivity contribution >= 4 is 11.8 Å². The Bertz CT molecular complexity index is 427. The van der Waals surface area contributed by atoms with E-state index in [2.05, 4.69) is 58.1 Å². The summed E-state index contributed by atoms with van der Waals surface area (Å²) < 4.78 is 0. The average Bonchev–Trinajstić information content (AvgIpc) is 2.45. The van der Waals surface area contributed by atoms with Gasteiger partial charge in [-0.3, -0.25) is 0 Å². The number of nitrogens with one attached hydrogen (secondary N) is 1. The molecule has 1 aromatic carbocycles. The van der Waals surface area contributed by atoms with Gasteiger partial charge >= 0.3 is 0 Å². The molecule has 0 aliphatic heterocycles. The Hall–Kier alpha value is -0.510. The average molecular weight is 310 g/mol. The van der Waals surface area contributed by atoms with Crippen LogP contribution in [0.2, 0.25) is 0 Å². The summed E-state index contributed by atoms with van der Waals surface area (Å²) in [7, 11) is 0. The SMILES string of the molecule is CCC(CO)(CCCSc1cc(C)ccc1C)NC(C)C. The number of benzene rings is 1. The lowest BCUT2D eigenvalue weighted by molar-refractivity contribution is 0.137. The highest BCUT2D eigenvalue weighted by molar-refractivity contribution is 7.99. The first kappa shape index (κ1) is 18.5. The summed E-state index contributed by atoms with van der Waals surface area (Å²) in [5.74, 6) is 1.10. The highest BCUT2D eigenvalue weighted by atomic mass is 32.2. The predicted molar refractivity (Wildman–Crippen MR) is 94.3 cm³/mol. The highest BCUT2D eigenvalue weighted by Crippen LogP contribution is 2.26. The predicted octanol–water partition coefficient (Wildman–Crippen LogP) is 4.31. The standard InChI is InChI=1S/C18H31NOS/c1-6-18(13-20,19-14(2)3)10-7-11-21-17-12-15(4)8-9-16(17)5/h8-9,12,14,19-20H,6-7,10-11,13H2,1-5H3. The maximum Gasteiger partial charge on any atom is 0.0613 e. The first-order valence-electron chi connectivity index (χ1n) is 8.01. The van der Waals surface area contributed by atoms with Crippen molar-refractivity contribution in [3.05, 3.63) is 29.3 Å². The zero-order valence-electron chi connectivity index (χ0n) is 14.2. The second-order valence-corrected chi connectivity index (χ2v) is 7.45. The van der Waals surface area contributed by atoms with E-state index in [0.717, 1.165) is 25.0 Å². The molecule has 21 heavy (non-hydrogen) atoms. The van der Waals surface area contributed by atoms with Gasteiger partial charge in [-0.1, -0.05) is 38.5 Å². The van der Waals surface area contributed by atoms with Crippen LogP contribution in [0.15, 0.2) is 23.1 Å². The smallest absolute Gasteiger partial charge is 0.0613 e. The Morgan fingerprint density at radius 2 is 2.00 bits per heavy atom. The van der Waals surface area contributed by atoms with E-state index in [1.165, 1.54) is 16.0 Å². The molecule has 0 radical (unpaired) electrons. The number of aliphatic hydroxyl groups is 1. The van der Waals surface area contributed by atoms with Crippen molar-refractivity contribution in [3.63, 3.8) is 0 Å². The van der Waals surface area contributed by atoms with E-state index in [1.54, 1.807) is 0 Å². The Kier molecular flexibility index (Phi) is 7.78. The molecular formula is C18H31NOS. The van der Waals surface area contributed by atoms with Crippen LogP contribution in [0.1, 0.15) is 51.2 Å². The van der Waals surface area contributed by atoms with E-state index in [9.17, 15) is 5.11 Å². The minimum atomic E-state index is -0.115. The molecule has 120 valence electrons. The van der Waals surface area contributed by atoms with Gasteiger partial charge in [0.1, 0.15) is 0 Å². The first-order valence-corrected chi connectivity index (χ1v) is 8.99. The van der Waals surface area contributed by atoms with Gasteiger partial charge in [0.15, 0.2) is 0 Å². The lowest BCUT2D eigenvalue weighted by Crippen LogP contribution is -2.51. The zero-order chi connectivity index (χ0) is 15.9. The molecule has 0 aliphatic rings. The van der Waals surface area contributed by atoms with Gasteiger partial charge in [-0.15, -0.1) is 11.8 Å². The van der Waals surface area contributed by atoms with E-state index < -0.39 is 0 Å². The third-order valence-electron chi connectivity index (χ3n) is 3.98. The van der Waals surface area contributed by atoms with Crippen LogP contribution >= 0.6 is 11.8 Å². The van der Waals surface area contributed by atoms with Crippen molar-refractivity contribution in [2.24, 2.45) is 0 Å². The molecule has 0 amide bonds. The van der Waals surface area contributed by atoms with Crippen LogP contribution in [0.25, 0.3) is 0 Å². The Morgan fingerprint density at radius 3 is 2.57 bits per heavy atom. The Balaban J connectivity index is 2.49. The minimum Gasteiger partial charge on any atom is -0.394 e. The number of aliphatic hydroxyl groups excluding tert-OH is 1. The Labute approximate surface area is 134 Å². The van der Waals surface area contributed by atoms with E-state index in [1.807, 2.05) is 11.8 Å².